The quantitative estimate of drug-likeness (QED) is 0.602. The van der Waals surface area contributed by atoms with E-state index < -0.39 is 12.0 Å². The van der Waals surface area contributed by atoms with Crippen molar-refractivity contribution in [2.24, 2.45) is 0 Å². The molecular weight excluding hydrogens is 390 g/mol. The molecular formula is C22H24ClN3O3. The Kier molecular flexibility index (Phi) is 6.90. The van der Waals surface area contributed by atoms with E-state index in [1.54, 1.807) is 6.92 Å². The number of carbonyl (C=O) groups excluding carboxylic acids is 2. The minimum atomic E-state index is -0.577. The van der Waals surface area contributed by atoms with Gasteiger partial charge in [-0.1, -0.05) is 54.1 Å². The van der Waals surface area contributed by atoms with Crippen LogP contribution in [0.25, 0.3) is 0 Å². The number of benzene rings is 2. The van der Waals surface area contributed by atoms with Crippen molar-refractivity contribution < 1.29 is 14.3 Å². The number of hydrogen-bond donors (Lipinski definition) is 3. The fraction of sp³-hybridized carbons (Fsp3) is 0.273. The van der Waals surface area contributed by atoms with Crippen LogP contribution in [0.15, 0.2) is 65.9 Å². The maximum absolute atomic E-state index is 12.7. The molecule has 29 heavy (non-hydrogen) atoms. The van der Waals surface area contributed by atoms with Gasteiger partial charge < -0.3 is 20.7 Å². The molecule has 2 amide bonds. The number of esters is 1. The molecule has 3 N–H and O–H groups in total. The largest absolute Gasteiger partial charge is 0.463 e. The smallest absolute Gasteiger partial charge is 0.338 e. The molecule has 1 aliphatic rings. The SMILES string of the molecule is CCOC(=O)C1=C(CN[C@H](C)c2ccc(Cl)cc2)NC(=O)N[C@@H]1c1ccccc1. The number of hydrogen-bond acceptors (Lipinski definition) is 4. The number of amides is 2. The molecule has 0 aliphatic carbocycles. The summed E-state index contributed by atoms with van der Waals surface area (Å²) in [6, 6.07) is 16.0. The zero-order chi connectivity index (χ0) is 20.8. The van der Waals surface area contributed by atoms with E-state index >= 15 is 0 Å². The van der Waals surface area contributed by atoms with Gasteiger partial charge in [0.2, 0.25) is 0 Å². The van der Waals surface area contributed by atoms with Crippen LogP contribution in [-0.2, 0) is 9.53 Å². The molecule has 3 rings (SSSR count). The lowest BCUT2D eigenvalue weighted by atomic mass is 9.95. The van der Waals surface area contributed by atoms with Crippen molar-refractivity contribution in [2.75, 3.05) is 13.2 Å². The van der Waals surface area contributed by atoms with Crippen molar-refractivity contribution in [1.29, 1.82) is 0 Å². The van der Waals surface area contributed by atoms with Crippen molar-refractivity contribution in [2.45, 2.75) is 25.9 Å². The highest BCUT2D eigenvalue weighted by Gasteiger charge is 2.33. The number of ether oxygens (including phenoxy) is 1. The summed E-state index contributed by atoms with van der Waals surface area (Å²) in [7, 11) is 0. The Morgan fingerprint density at radius 2 is 1.86 bits per heavy atom. The maximum Gasteiger partial charge on any atom is 0.338 e. The minimum absolute atomic E-state index is 0.00910. The van der Waals surface area contributed by atoms with Crippen LogP contribution >= 0.6 is 11.6 Å². The van der Waals surface area contributed by atoms with E-state index in [4.69, 9.17) is 16.3 Å². The van der Waals surface area contributed by atoms with E-state index in [-0.39, 0.29) is 18.7 Å². The molecule has 152 valence electrons. The lowest BCUT2D eigenvalue weighted by Crippen LogP contribution is -2.48. The topological polar surface area (TPSA) is 79.5 Å². The first kappa shape index (κ1) is 20.9. The van der Waals surface area contributed by atoms with Crippen molar-refractivity contribution >= 4 is 23.6 Å². The van der Waals surface area contributed by atoms with E-state index in [0.717, 1.165) is 11.1 Å². The summed E-state index contributed by atoms with van der Waals surface area (Å²) in [6.07, 6.45) is 0. The van der Waals surface area contributed by atoms with Crippen LogP contribution in [0.3, 0.4) is 0 Å². The van der Waals surface area contributed by atoms with Gasteiger partial charge in [-0.15, -0.1) is 0 Å². The van der Waals surface area contributed by atoms with Crippen LogP contribution in [0.5, 0.6) is 0 Å². The molecule has 0 aromatic heterocycles. The standard InChI is InChI=1S/C22H24ClN3O3/c1-3-29-21(27)19-18(13-24-14(2)15-9-11-17(23)12-10-15)25-22(28)26-20(19)16-7-5-4-6-8-16/h4-12,14,20,24H,3,13H2,1-2H3,(H2,25,26,28)/t14-,20-/m1/s1. The number of halogens is 1. The average molecular weight is 414 g/mol. The van der Waals surface area contributed by atoms with Gasteiger partial charge in [-0.05, 0) is 37.1 Å². The molecule has 7 heteroatoms. The second kappa shape index (κ2) is 9.58. The van der Waals surface area contributed by atoms with E-state index in [1.165, 1.54) is 0 Å². The van der Waals surface area contributed by atoms with Crippen LogP contribution < -0.4 is 16.0 Å². The molecule has 0 saturated carbocycles. The lowest BCUT2D eigenvalue weighted by Gasteiger charge is -2.30. The summed E-state index contributed by atoms with van der Waals surface area (Å²) < 4.78 is 5.27. The van der Waals surface area contributed by atoms with Crippen LogP contribution in [0.1, 0.15) is 37.1 Å². The molecule has 1 heterocycles. The van der Waals surface area contributed by atoms with E-state index in [1.807, 2.05) is 61.5 Å². The van der Waals surface area contributed by atoms with Crippen molar-refractivity contribution in [3.05, 3.63) is 82.0 Å². The highest BCUT2D eigenvalue weighted by atomic mass is 35.5. The zero-order valence-electron chi connectivity index (χ0n) is 16.4. The first-order valence-corrected chi connectivity index (χ1v) is 9.88. The molecule has 2 aromatic rings. The van der Waals surface area contributed by atoms with Gasteiger partial charge in [-0.2, -0.15) is 0 Å². The Morgan fingerprint density at radius 1 is 1.17 bits per heavy atom. The summed E-state index contributed by atoms with van der Waals surface area (Å²) in [4.78, 5) is 25.0. The summed E-state index contributed by atoms with van der Waals surface area (Å²) >= 11 is 5.96. The average Bonchev–Trinajstić information content (AvgIpc) is 2.72. The molecule has 6 nitrogen and oxygen atoms in total. The summed E-state index contributed by atoms with van der Waals surface area (Å²) in [5, 5.41) is 9.62. The lowest BCUT2D eigenvalue weighted by molar-refractivity contribution is -0.139. The number of urea groups is 1. The zero-order valence-corrected chi connectivity index (χ0v) is 17.1. The molecule has 2 aromatic carbocycles. The van der Waals surface area contributed by atoms with Gasteiger partial charge in [-0.25, -0.2) is 9.59 Å². The highest BCUT2D eigenvalue weighted by Crippen LogP contribution is 2.28. The van der Waals surface area contributed by atoms with Gasteiger partial charge in [0.05, 0.1) is 18.2 Å². The summed E-state index contributed by atoms with van der Waals surface area (Å²) in [5.74, 6) is -0.454. The third kappa shape index (κ3) is 5.16. The highest BCUT2D eigenvalue weighted by molar-refractivity contribution is 6.30. The minimum Gasteiger partial charge on any atom is -0.463 e. The monoisotopic (exact) mass is 413 g/mol. The van der Waals surface area contributed by atoms with Crippen molar-refractivity contribution in [3.63, 3.8) is 0 Å². The Bertz CT molecular complexity index is 897. The van der Waals surface area contributed by atoms with Crippen LogP contribution in [-0.4, -0.2) is 25.2 Å². The van der Waals surface area contributed by atoms with E-state index in [0.29, 0.717) is 22.8 Å². The molecule has 1 aliphatic heterocycles. The van der Waals surface area contributed by atoms with Crippen LogP contribution in [0.4, 0.5) is 4.79 Å². The summed E-state index contributed by atoms with van der Waals surface area (Å²) in [6.45, 7) is 4.31. The van der Waals surface area contributed by atoms with Gasteiger partial charge in [0.1, 0.15) is 0 Å². The van der Waals surface area contributed by atoms with Crippen LogP contribution in [0.2, 0.25) is 5.02 Å². The third-order valence-corrected chi connectivity index (χ3v) is 4.99. The first-order valence-electron chi connectivity index (χ1n) is 9.51. The molecule has 0 spiro atoms. The Hall–Kier alpha value is -2.83. The predicted molar refractivity (Wildman–Crippen MR) is 112 cm³/mol. The van der Waals surface area contributed by atoms with E-state index in [2.05, 4.69) is 16.0 Å². The fourth-order valence-electron chi connectivity index (χ4n) is 3.23. The number of nitrogens with one attached hydrogen (secondary N) is 3. The van der Waals surface area contributed by atoms with Gasteiger partial charge in [0.15, 0.2) is 0 Å². The molecule has 0 unspecified atom stereocenters. The first-order chi connectivity index (χ1) is 14.0. The molecule has 0 saturated heterocycles. The second-order valence-corrected chi connectivity index (χ2v) is 7.15. The second-order valence-electron chi connectivity index (χ2n) is 6.71. The Morgan fingerprint density at radius 3 is 2.52 bits per heavy atom. The molecule has 0 fully saturated rings. The van der Waals surface area contributed by atoms with Crippen molar-refractivity contribution in [1.82, 2.24) is 16.0 Å². The van der Waals surface area contributed by atoms with Crippen molar-refractivity contribution in [3.8, 4) is 0 Å². The molecule has 2 atom stereocenters. The Labute approximate surface area is 175 Å². The van der Waals surface area contributed by atoms with Gasteiger partial charge in [0, 0.05) is 23.3 Å². The third-order valence-electron chi connectivity index (χ3n) is 4.74. The van der Waals surface area contributed by atoms with Crippen LogP contribution in [0, 0.1) is 0 Å². The molecule has 0 bridgehead atoms. The van der Waals surface area contributed by atoms with Gasteiger partial charge in [-0.3, -0.25) is 0 Å². The normalized spacial score (nSPS) is 17.3. The fourth-order valence-corrected chi connectivity index (χ4v) is 3.35. The van der Waals surface area contributed by atoms with Gasteiger partial charge in [0.25, 0.3) is 0 Å². The van der Waals surface area contributed by atoms with E-state index in [9.17, 15) is 9.59 Å². The maximum atomic E-state index is 12.7. The predicted octanol–water partition coefficient (Wildman–Crippen LogP) is 3.86. The Balaban J connectivity index is 1.88. The summed E-state index contributed by atoms with van der Waals surface area (Å²) in [5.41, 5.74) is 2.76. The number of carbonyl (C=O) groups is 2. The molecule has 0 radical (unpaired) electrons. The van der Waals surface area contributed by atoms with Gasteiger partial charge >= 0.3 is 12.0 Å². The number of rotatable bonds is 7.